The van der Waals surface area contributed by atoms with Gasteiger partial charge in [-0.1, -0.05) is 6.42 Å². The van der Waals surface area contributed by atoms with E-state index in [-0.39, 0.29) is 0 Å². The number of anilines is 1. The Kier molecular flexibility index (Phi) is 3.72. The highest BCUT2D eigenvalue weighted by Gasteiger charge is 2.28. The van der Waals surface area contributed by atoms with Crippen LogP contribution in [0.1, 0.15) is 37.6 Å². The molecule has 2 N–H and O–H groups in total. The summed E-state index contributed by atoms with van der Waals surface area (Å²) in [5.41, 5.74) is 6.85. The third-order valence-electron chi connectivity index (χ3n) is 3.96. The van der Waals surface area contributed by atoms with E-state index in [1.54, 1.807) is 0 Å². The molecule has 1 aliphatic rings. The van der Waals surface area contributed by atoms with Crippen LogP contribution in [0.25, 0.3) is 0 Å². The van der Waals surface area contributed by atoms with Crippen molar-refractivity contribution in [3.05, 3.63) is 11.5 Å². The predicted molar refractivity (Wildman–Crippen MR) is 69.2 cm³/mol. The second-order valence-corrected chi connectivity index (χ2v) is 5.06. The zero-order chi connectivity index (χ0) is 12.4. The number of hydrogen-bond donors (Lipinski definition) is 1. The van der Waals surface area contributed by atoms with Gasteiger partial charge in [0.2, 0.25) is 0 Å². The molecule has 17 heavy (non-hydrogen) atoms. The Morgan fingerprint density at radius 1 is 1.41 bits per heavy atom. The van der Waals surface area contributed by atoms with Crippen LogP contribution >= 0.6 is 0 Å². The number of oxazole rings is 1. The quantitative estimate of drug-likeness (QED) is 0.857. The molecule has 1 saturated heterocycles. The minimum atomic E-state index is 0.417. The van der Waals surface area contributed by atoms with Crippen LogP contribution in [0.4, 0.5) is 6.01 Å². The fourth-order valence-corrected chi connectivity index (χ4v) is 2.55. The molecule has 4 heteroatoms. The molecule has 1 aromatic heterocycles. The van der Waals surface area contributed by atoms with Gasteiger partial charge in [0.05, 0.1) is 5.69 Å². The monoisotopic (exact) mass is 237 g/mol. The van der Waals surface area contributed by atoms with Crippen LogP contribution in [-0.2, 0) is 0 Å². The molecule has 4 nitrogen and oxygen atoms in total. The average molecular weight is 237 g/mol. The average Bonchev–Trinajstić information content (AvgIpc) is 2.53. The molecular formula is C13H23N3O. The number of aromatic nitrogens is 1. The number of hydrogen-bond acceptors (Lipinski definition) is 4. The van der Waals surface area contributed by atoms with Crippen LogP contribution in [0.2, 0.25) is 0 Å². The van der Waals surface area contributed by atoms with Gasteiger partial charge in [0, 0.05) is 12.6 Å². The Labute approximate surface area is 103 Å². The lowest BCUT2D eigenvalue weighted by Crippen LogP contribution is -2.40. The van der Waals surface area contributed by atoms with Crippen LogP contribution in [0.5, 0.6) is 0 Å². The van der Waals surface area contributed by atoms with Gasteiger partial charge in [-0.2, -0.15) is 4.98 Å². The Bertz CT molecular complexity index is 355. The molecule has 0 unspecified atom stereocenters. The molecular weight excluding hydrogens is 214 g/mol. The highest BCUT2D eigenvalue weighted by Crippen LogP contribution is 2.28. The third-order valence-corrected chi connectivity index (χ3v) is 3.96. The molecule has 1 fully saturated rings. The van der Waals surface area contributed by atoms with E-state index >= 15 is 0 Å². The van der Waals surface area contributed by atoms with E-state index in [9.17, 15) is 0 Å². The van der Waals surface area contributed by atoms with Crippen molar-refractivity contribution in [1.29, 1.82) is 0 Å². The summed E-state index contributed by atoms with van der Waals surface area (Å²) in [6, 6.07) is 1.19. The van der Waals surface area contributed by atoms with Gasteiger partial charge in [0.1, 0.15) is 5.76 Å². The second-order valence-electron chi connectivity index (χ2n) is 5.06. The minimum absolute atomic E-state index is 0.417. The lowest BCUT2D eigenvalue weighted by Gasteiger charge is -2.30. The zero-order valence-electron chi connectivity index (χ0n) is 11.1. The van der Waals surface area contributed by atoms with Crippen molar-refractivity contribution in [1.82, 2.24) is 4.98 Å². The topological polar surface area (TPSA) is 55.3 Å². The van der Waals surface area contributed by atoms with Crippen molar-refractivity contribution < 1.29 is 4.42 Å². The SMILES string of the molecule is Cc1nc(N2CCCC[C@H](CN)[C@H]2C)oc1C. The van der Waals surface area contributed by atoms with Crippen LogP contribution in [0, 0.1) is 19.8 Å². The van der Waals surface area contributed by atoms with Gasteiger partial charge in [-0.25, -0.2) is 0 Å². The molecule has 0 saturated carbocycles. The molecule has 0 aliphatic carbocycles. The van der Waals surface area contributed by atoms with Crippen molar-refractivity contribution in [2.75, 3.05) is 18.0 Å². The molecule has 0 spiro atoms. The summed E-state index contributed by atoms with van der Waals surface area (Å²) in [4.78, 5) is 6.80. The number of nitrogens with zero attached hydrogens (tertiary/aromatic N) is 2. The first kappa shape index (κ1) is 12.4. The van der Waals surface area contributed by atoms with Crippen molar-refractivity contribution in [3.63, 3.8) is 0 Å². The van der Waals surface area contributed by atoms with Gasteiger partial charge in [0.15, 0.2) is 0 Å². The Morgan fingerprint density at radius 3 is 2.76 bits per heavy atom. The van der Waals surface area contributed by atoms with Gasteiger partial charge >= 0.3 is 0 Å². The number of aryl methyl sites for hydroxylation is 2. The van der Waals surface area contributed by atoms with Gasteiger partial charge < -0.3 is 15.1 Å². The van der Waals surface area contributed by atoms with E-state index < -0.39 is 0 Å². The van der Waals surface area contributed by atoms with E-state index in [1.807, 2.05) is 13.8 Å². The summed E-state index contributed by atoms with van der Waals surface area (Å²) in [7, 11) is 0. The van der Waals surface area contributed by atoms with E-state index in [4.69, 9.17) is 10.2 Å². The maximum absolute atomic E-state index is 5.86. The molecule has 1 aromatic rings. The first-order valence-electron chi connectivity index (χ1n) is 6.54. The summed E-state index contributed by atoms with van der Waals surface area (Å²) in [5.74, 6) is 1.46. The summed E-state index contributed by atoms with van der Waals surface area (Å²) < 4.78 is 5.75. The molecule has 0 radical (unpaired) electrons. The molecule has 2 rings (SSSR count). The molecule has 0 amide bonds. The first-order valence-corrected chi connectivity index (χ1v) is 6.54. The fourth-order valence-electron chi connectivity index (χ4n) is 2.55. The van der Waals surface area contributed by atoms with Crippen molar-refractivity contribution in [2.45, 2.75) is 46.1 Å². The summed E-state index contributed by atoms with van der Waals surface area (Å²) in [5, 5.41) is 0. The largest absolute Gasteiger partial charge is 0.429 e. The Balaban J connectivity index is 2.22. The Hall–Kier alpha value is -1.03. The molecule has 96 valence electrons. The van der Waals surface area contributed by atoms with Crippen LogP contribution in [0.15, 0.2) is 4.42 Å². The smallest absolute Gasteiger partial charge is 0.297 e. The van der Waals surface area contributed by atoms with Crippen molar-refractivity contribution in [3.8, 4) is 0 Å². The lowest BCUT2D eigenvalue weighted by atomic mass is 9.96. The molecule has 2 atom stereocenters. The lowest BCUT2D eigenvalue weighted by molar-refractivity contribution is 0.400. The molecule has 0 bridgehead atoms. The van der Waals surface area contributed by atoms with E-state index in [1.165, 1.54) is 19.3 Å². The third kappa shape index (κ3) is 2.46. The number of rotatable bonds is 2. The van der Waals surface area contributed by atoms with Gasteiger partial charge in [-0.05, 0) is 46.1 Å². The number of nitrogens with two attached hydrogens (primary N) is 1. The van der Waals surface area contributed by atoms with Gasteiger partial charge in [0.25, 0.3) is 6.01 Å². The summed E-state index contributed by atoms with van der Waals surface area (Å²) in [6.45, 7) is 7.96. The second kappa shape index (κ2) is 5.08. The predicted octanol–water partition coefficient (Wildman–Crippen LogP) is 2.25. The van der Waals surface area contributed by atoms with Crippen LogP contribution in [0.3, 0.4) is 0 Å². The fraction of sp³-hybridized carbons (Fsp3) is 0.769. The van der Waals surface area contributed by atoms with E-state index in [0.29, 0.717) is 12.0 Å². The highest BCUT2D eigenvalue weighted by molar-refractivity contribution is 5.31. The van der Waals surface area contributed by atoms with Gasteiger partial charge in [-0.15, -0.1) is 0 Å². The molecule has 1 aliphatic heterocycles. The van der Waals surface area contributed by atoms with Crippen molar-refractivity contribution >= 4 is 6.01 Å². The minimum Gasteiger partial charge on any atom is -0.429 e. The van der Waals surface area contributed by atoms with E-state index in [0.717, 1.165) is 30.6 Å². The Morgan fingerprint density at radius 2 is 2.18 bits per heavy atom. The first-order chi connectivity index (χ1) is 8.13. The van der Waals surface area contributed by atoms with Crippen LogP contribution < -0.4 is 10.6 Å². The molecule has 0 aromatic carbocycles. The van der Waals surface area contributed by atoms with Gasteiger partial charge in [-0.3, -0.25) is 0 Å². The van der Waals surface area contributed by atoms with Crippen molar-refractivity contribution in [2.24, 2.45) is 11.7 Å². The normalized spacial score (nSPS) is 26.0. The molecule has 2 heterocycles. The van der Waals surface area contributed by atoms with E-state index in [2.05, 4.69) is 16.8 Å². The van der Waals surface area contributed by atoms with Crippen LogP contribution in [-0.4, -0.2) is 24.1 Å². The highest BCUT2D eigenvalue weighted by atomic mass is 16.4. The standard InChI is InChI=1S/C13H23N3O/c1-9-11(3)17-13(15-9)16-7-5-4-6-12(8-14)10(16)2/h10,12H,4-8,14H2,1-3H3/t10-,12-/m1/s1. The maximum atomic E-state index is 5.86. The summed E-state index contributed by atoms with van der Waals surface area (Å²) in [6.07, 6.45) is 3.66. The maximum Gasteiger partial charge on any atom is 0.297 e. The zero-order valence-corrected chi connectivity index (χ0v) is 11.1. The summed E-state index contributed by atoms with van der Waals surface area (Å²) >= 11 is 0.